The smallest absolute Gasteiger partial charge is 0.262 e. The molecule has 0 aliphatic rings. The molecule has 4 aromatic rings. The van der Waals surface area contributed by atoms with Gasteiger partial charge in [-0.15, -0.1) is 0 Å². The molecule has 0 fully saturated rings. The number of nitrogens with zero attached hydrogens (tertiary/aromatic N) is 3. The highest BCUT2D eigenvalue weighted by Crippen LogP contribution is 2.35. The van der Waals surface area contributed by atoms with E-state index >= 15 is 0 Å². The maximum Gasteiger partial charge on any atom is 0.262 e. The minimum Gasteiger partial charge on any atom is -0.497 e. The molecule has 12 heteroatoms. The molecule has 0 radical (unpaired) electrons. The van der Waals surface area contributed by atoms with Crippen LogP contribution < -0.4 is 15.0 Å². The number of halogens is 2. The first-order valence-corrected chi connectivity index (χ1v) is 12.1. The zero-order chi connectivity index (χ0) is 24.6. The summed E-state index contributed by atoms with van der Waals surface area (Å²) in [5.74, 6) is 1.05. The Morgan fingerprint density at radius 2 is 1.94 bits per heavy atom. The summed E-state index contributed by atoms with van der Waals surface area (Å²) in [5, 5.41) is 5.29. The number of nitrogens with one attached hydrogen (secondary N) is 2. The van der Waals surface area contributed by atoms with Crippen LogP contribution in [-0.4, -0.2) is 35.6 Å². The number of rotatable bonds is 7. The van der Waals surface area contributed by atoms with Crippen LogP contribution in [0.25, 0.3) is 16.7 Å². The van der Waals surface area contributed by atoms with E-state index in [0.717, 1.165) is 5.56 Å². The van der Waals surface area contributed by atoms with Gasteiger partial charge in [-0.2, -0.15) is 5.10 Å². The molecule has 0 saturated carbocycles. The molecule has 178 valence electrons. The average molecular weight is 522 g/mol. The molecule has 1 unspecified atom stereocenters. The van der Waals surface area contributed by atoms with Gasteiger partial charge in [0.15, 0.2) is 5.65 Å². The lowest BCUT2D eigenvalue weighted by Crippen LogP contribution is -2.14. The molecule has 0 aliphatic carbocycles. The van der Waals surface area contributed by atoms with Crippen molar-refractivity contribution >= 4 is 51.2 Å². The fraction of sp³-hybridized carbons (Fsp3) is 0.227. The summed E-state index contributed by atoms with van der Waals surface area (Å²) in [6.07, 6.45) is 0.358. The lowest BCUT2D eigenvalue weighted by molar-refractivity contribution is 0.414. The molecule has 4 rings (SSSR count). The number of ether oxygens (including phenoxy) is 1. The quantitative estimate of drug-likeness (QED) is 0.303. The van der Waals surface area contributed by atoms with Crippen molar-refractivity contribution in [3.63, 3.8) is 0 Å². The van der Waals surface area contributed by atoms with Crippen LogP contribution >= 0.6 is 23.2 Å². The van der Waals surface area contributed by atoms with Gasteiger partial charge in [0.05, 0.1) is 28.5 Å². The van der Waals surface area contributed by atoms with Crippen LogP contribution in [0.2, 0.25) is 10.0 Å². The van der Waals surface area contributed by atoms with E-state index in [-0.39, 0.29) is 27.2 Å². The molecule has 2 heterocycles. The Kier molecular flexibility index (Phi) is 6.94. The molecule has 0 spiro atoms. The second kappa shape index (κ2) is 9.75. The Morgan fingerprint density at radius 1 is 1.24 bits per heavy atom. The van der Waals surface area contributed by atoms with Crippen molar-refractivity contribution in [2.45, 2.75) is 26.2 Å². The third kappa shape index (κ3) is 4.80. The van der Waals surface area contributed by atoms with E-state index in [9.17, 15) is 9.00 Å². The average Bonchev–Trinajstić information content (AvgIpc) is 3.13. The predicted molar refractivity (Wildman–Crippen MR) is 134 cm³/mol. The van der Waals surface area contributed by atoms with Gasteiger partial charge in [-0.3, -0.25) is 14.1 Å². The molecule has 9 nitrogen and oxygen atoms in total. The fourth-order valence-electron chi connectivity index (χ4n) is 3.64. The van der Waals surface area contributed by atoms with Gasteiger partial charge in [0.1, 0.15) is 22.6 Å². The first kappa shape index (κ1) is 24.2. The molecule has 0 amide bonds. The molecule has 0 aliphatic heterocycles. The van der Waals surface area contributed by atoms with Crippen LogP contribution in [-0.2, 0) is 17.7 Å². The SMILES string of the molecule is COc1cccc(Cc2nc3c(c(C(C)C)nn3-c3c(Cl)cc(NS(=O)O)cc3Cl)c(=O)[nH]2)c1. The summed E-state index contributed by atoms with van der Waals surface area (Å²) in [5.41, 5.74) is 1.99. The molecule has 1 atom stereocenters. The molecule has 34 heavy (non-hydrogen) atoms. The van der Waals surface area contributed by atoms with E-state index in [1.54, 1.807) is 7.11 Å². The maximum atomic E-state index is 13.1. The lowest BCUT2D eigenvalue weighted by Gasteiger charge is -2.11. The van der Waals surface area contributed by atoms with Gasteiger partial charge in [0.2, 0.25) is 0 Å². The Morgan fingerprint density at radius 3 is 2.56 bits per heavy atom. The highest BCUT2D eigenvalue weighted by Gasteiger charge is 2.23. The number of hydrogen-bond acceptors (Lipinski definition) is 5. The summed E-state index contributed by atoms with van der Waals surface area (Å²) in [6.45, 7) is 3.84. The number of aromatic nitrogens is 4. The molecular weight excluding hydrogens is 501 g/mol. The van der Waals surface area contributed by atoms with E-state index in [1.165, 1.54) is 16.8 Å². The normalized spacial score (nSPS) is 12.3. The maximum absolute atomic E-state index is 13.1. The number of H-pyrrole nitrogens is 1. The molecule has 2 aromatic carbocycles. The summed E-state index contributed by atoms with van der Waals surface area (Å²) in [4.78, 5) is 20.7. The fourth-order valence-corrected chi connectivity index (χ4v) is 4.61. The molecule has 0 bridgehead atoms. The number of methoxy groups -OCH3 is 1. The highest BCUT2D eigenvalue weighted by molar-refractivity contribution is 7.80. The Bertz CT molecular complexity index is 1440. The van der Waals surface area contributed by atoms with Crippen molar-refractivity contribution < 1.29 is 13.5 Å². The minimum atomic E-state index is -2.29. The second-order valence-corrected chi connectivity index (χ2v) is 9.35. The number of anilines is 1. The monoisotopic (exact) mass is 521 g/mol. The third-order valence-electron chi connectivity index (χ3n) is 5.10. The summed E-state index contributed by atoms with van der Waals surface area (Å²) in [6, 6.07) is 10.4. The van der Waals surface area contributed by atoms with Crippen molar-refractivity contribution in [3.8, 4) is 11.4 Å². The van der Waals surface area contributed by atoms with Crippen molar-refractivity contribution in [2.24, 2.45) is 0 Å². The van der Waals surface area contributed by atoms with E-state index < -0.39 is 11.3 Å². The van der Waals surface area contributed by atoms with Gasteiger partial charge >= 0.3 is 0 Å². The third-order valence-corrected chi connectivity index (χ3v) is 6.09. The van der Waals surface area contributed by atoms with Gasteiger partial charge in [-0.25, -0.2) is 13.9 Å². The topological polar surface area (TPSA) is 122 Å². The van der Waals surface area contributed by atoms with Crippen LogP contribution in [0.5, 0.6) is 5.75 Å². The number of fused-ring (bicyclic) bond motifs is 1. The number of hydrogen-bond donors (Lipinski definition) is 3. The summed E-state index contributed by atoms with van der Waals surface area (Å²) >= 11 is 10.7. The van der Waals surface area contributed by atoms with Gasteiger partial charge in [-0.05, 0) is 35.7 Å². The zero-order valence-corrected chi connectivity index (χ0v) is 20.8. The summed E-state index contributed by atoms with van der Waals surface area (Å²) < 4.78 is 29.3. The Balaban J connectivity index is 1.90. The van der Waals surface area contributed by atoms with Crippen LogP contribution in [0.1, 0.15) is 36.8 Å². The predicted octanol–water partition coefficient (Wildman–Crippen LogP) is 4.69. The first-order valence-electron chi connectivity index (χ1n) is 10.2. The van der Waals surface area contributed by atoms with Crippen molar-refractivity contribution in [3.05, 3.63) is 73.9 Å². The van der Waals surface area contributed by atoms with Crippen LogP contribution in [0, 0.1) is 0 Å². The van der Waals surface area contributed by atoms with Gasteiger partial charge in [0.25, 0.3) is 16.8 Å². The van der Waals surface area contributed by atoms with Gasteiger partial charge in [-0.1, -0.05) is 49.2 Å². The van der Waals surface area contributed by atoms with Crippen LogP contribution in [0.4, 0.5) is 5.69 Å². The molecule has 0 saturated heterocycles. The number of benzene rings is 2. The Labute approximate surface area is 207 Å². The van der Waals surface area contributed by atoms with Crippen molar-refractivity contribution in [2.75, 3.05) is 11.8 Å². The van der Waals surface area contributed by atoms with E-state index in [0.29, 0.717) is 40.4 Å². The molecular formula is C22H21Cl2N5O4S. The largest absolute Gasteiger partial charge is 0.497 e. The zero-order valence-electron chi connectivity index (χ0n) is 18.4. The first-order chi connectivity index (χ1) is 16.2. The molecule has 3 N–H and O–H groups in total. The van der Waals surface area contributed by atoms with Crippen LogP contribution in [0.3, 0.4) is 0 Å². The lowest BCUT2D eigenvalue weighted by atomic mass is 10.1. The standard InChI is InChI=1S/C22H21Cl2N5O4S/c1-11(2)19-18-21(25-17(26-22(18)30)8-12-5-4-6-14(7-12)33-3)29(27-19)20-15(23)9-13(10-16(20)24)28-34(31)32/h4-7,9-11,28H,8H2,1-3H3,(H,31,32)(H,25,26,30). The number of aromatic amines is 1. The van der Waals surface area contributed by atoms with E-state index in [4.69, 9.17) is 37.5 Å². The van der Waals surface area contributed by atoms with E-state index in [2.05, 4.69) is 14.8 Å². The molecule has 2 aromatic heterocycles. The van der Waals surface area contributed by atoms with Crippen molar-refractivity contribution in [1.29, 1.82) is 0 Å². The highest BCUT2D eigenvalue weighted by atomic mass is 35.5. The Hall–Kier alpha value is -2.92. The second-order valence-electron chi connectivity index (χ2n) is 7.83. The van der Waals surface area contributed by atoms with E-state index in [1.807, 2.05) is 38.1 Å². The summed E-state index contributed by atoms with van der Waals surface area (Å²) in [7, 11) is 1.59. The van der Waals surface area contributed by atoms with Crippen LogP contribution in [0.15, 0.2) is 41.2 Å². The van der Waals surface area contributed by atoms with Gasteiger partial charge in [0, 0.05) is 6.42 Å². The van der Waals surface area contributed by atoms with Crippen molar-refractivity contribution in [1.82, 2.24) is 19.7 Å². The van der Waals surface area contributed by atoms with Gasteiger partial charge < -0.3 is 9.72 Å². The minimum absolute atomic E-state index is 0.0776.